The molecule has 2 rings (SSSR count). The molecule has 0 aliphatic rings. The van der Waals surface area contributed by atoms with Crippen LogP contribution in [0.5, 0.6) is 0 Å². The number of pyridine rings is 1. The number of rotatable bonds is 1. The van der Waals surface area contributed by atoms with Gasteiger partial charge >= 0.3 is 39.3 Å². The number of aryl methyl sites for hydroxylation is 1. The third-order valence-electron chi connectivity index (χ3n) is 1.72. The van der Waals surface area contributed by atoms with Gasteiger partial charge in [0.2, 0.25) is 0 Å². The Balaban J connectivity index is 0.000000337. The topological polar surface area (TPSA) is 30.7 Å². The van der Waals surface area contributed by atoms with E-state index in [0.717, 1.165) is 11.5 Å². The van der Waals surface area contributed by atoms with Gasteiger partial charge in [-0.1, -0.05) is 6.07 Å². The second kappa shape index (κ2) is 7.15. The summed E-state index contributed by atoms with van der Waals surface area (Å²) in [5.41, 5.74) is 0.907. The van der Waals surface area contributed by atoms with Gasteiger partial charge in [0.15, 0.2) is 5.82 Å². The summed E-state index contributed by atoms with van der Waals surface area (Å²) in [4.78, 5) is 8.39. The Labute approximate surface area is 109 Å². The van der Waals surface area contributed by atoms with Crippen molar-refractivity contribution >= 4 is 28.5 Å². The molecule has 0 aliphatic carbocycles. The standard InChI is InChI=1S/C9H9N3.2BrH.Ni/c1-12-7-6-11-9(12)8-4-2-3-5-10-8;;;/h2-7H,1H3;2*1H;/q;;;+2/p-2. The van der Waals surface area contributed by atoms with E-state index in [1.807, 2.05) is 36.0 Å². The van der Waals surface area contributed by atoms with Crippen molar-refractivity contribution in [2.75, 3.05) is 0 Å². The quantitative estimate of drug-likeness (QED) is 0.715. The summed E-state index contributed by atoms with van der Waals surface area (Å²) in [6, 6.07) is 5.80. The fraction of sp³-hybridized carbons (Fsp3) is 0.111. The summed E-state index contributed by atoms with van der Waals surface area (Å²) in [6.07, 6.45) is 5.44. The van der Waals surface area contributed by atoms with Crippen LogP contribution in [0.3, 0.4) is 0 Å². The van der Waals surface area contributed by atoms with Gasteiger partial charge < -0.3 is 4.57 Å². The molecule has 0 atom stereocenters. The van der Waals surface area contributed by atoms with E-state index in [1.54, 1.807) is 12.4 Å². The third-order valence-corrected chi connectivity index (χ3v) is 1.72. The zero-order chi connectivity index (χ0) is 11.1. The zero-order valence-electron chi connectivity index (χ0n) is 7.88. The Morgan fingerprint density at radius 2 is 1.93 bits per heavy atom. The van der Waals surface area contributed by atoms with Gasteiger partial charge in [-0.05, 0) is 12.1 Å². The van der Waals surface area contributed by atoms with E-state index in [9.17, 15) is 0 Å². The van der Waals surface area contributed by atoms with Crippen LogP contribution >= 0.6 is 28.5 Å². The summed E-state index contributed by atoms with van der Waals surface area (Å²) in [7, 11) is 3.21. The Morgan fingerprint density at radius 3 is 2.40 bits per heavy atom. The molecule has 0 fully saturated rings. The normalized spacial score (nSPS) is 9.53. The molecular formula is C9H9Br2N3Ni. The average molecular weight is 378 g/mol. The Kier molecular flexibility index (Phi) is 6.14. The second-order valence-electron chi connectivity index (χ2n) is 2.62. The Morgan fingerprint density at radius 1 is 1.20 bits per heavy atom. The van der Waals surface area contributed by atoms with Crippen molar-refractivity contribution in [3.8, 4) is 11.5 Å². The molecule has 0 saturated carbocycles. The fourth-order valence-electron chi connectivity index (χ4n) is 1.11. The number of aromatic nitrogens is 3. The van der Waals surface area contributed by atoms with Crippen LogP contribution in [-0.2, 0) is 17.9 Å². The molecule has 2 aromatic rings. The molecule has 6 heteroatoms. The second-order valence-corrected chi connectivity index (χ2v) is 7.61. The van der Waals surface area contributed by atoms with Gasteiger partial charge in [0.1, 0.15) is 5.69 Å². The molecule has 15 heavy (non-hydrogen) atoms. The molecule has 0 amide bonds. The van der Waals surface area contributed by atoms with E-state index in [0.29, 0.717) is 0 Å². The molecule has 3 nitrogen and oxygen atoms in total. The van der Waals surface area contributed by atoms with Gasteiger partial charge in [-0.25, -0.2) is 4.98 Å². The fourth-order valence-corrected chi connectivity index (χ4v) is 1.11. The van der Waals surface area contributed by atoms with E-state index in [4.69, 9.17) is 0 Å². The first-order valence-corrected chi connectivity index (χ1v) is 8.89. The maximum atomic E-state index is 4.20. The van der Waals surface area contributed by atoms with Crippen LogP contribution in [0.1, 0.15) is 0 Å². The van der Waals surface area contributed by atoms with Crippen LogP contribution in [0.4, 0.5) is 0 Å². The summed E-state index contributed by atoms with van der Waals surface area (Å²) >= 11 is 6.00. The van der Waals surface area contributed by atoms with Gasteiger partial charge in [0.05, 0.1) is 0 Å². The summed E-state index contributed by atoms with van der Waals surface area (Å²) in [5, 5.41) is 0. The number of imidazole rings is 1. The van der Waals surface area contributed by atoms with Crippen molar-refractivity contribution in [1.82, 2.24) is 14.5 Å². The number of nitrogens with zero attached hydrogens (tertiary/aromatic N) is 3. The van der Waals surface area contributed by atoms with Gasteiger partial charge in [0, 0.05) is 25.6 Å². The number of halogens is 2. The van der Waals surface area contributed by atoms with E-state index in [-0.39, 0.29) is 0 Å². The van der Waals surface area contributed by atoms with E-state index < -0.39 is 0 Å². The van der Waals surface area contributed by atoms with Gasteiger partial charge in [-0.2, -0.15) is 0 Å². The van der Waals surface area contributed by atoms with Crippen molar-refractivity contribution in [3.05, 3.63) is 36.8 Å². The van der Waals surface area contributed by atoms with Gasteiger partial charge in [-0.3, -0.25) is 4.98 Å². The molecule has 0 bridgehead atoms. The minimum absolute atomic E-state index is 0.899. The minimum atomic E-state index is 0.899. The van der Waals surface area contributed by atoms with Crippen molar-refractivity contribution < 1.29 is 10.9 Å². The van der Waals surface area contributed by atoms with Crippen LogP contribution in [0, 0.1) is 0 Å². The van der Waals surface area contributed by atoms with Crippen molar-refractivity contribution in [2.24, 2.45) is 7.05 Å². The summed E-state index contributed by atoms with van der Waals surface area (Å²) in [6.45, 7) is 0. The zero-order valence-corrected chi connectivity index (χ0v) is 12.0. The van der Waals surface area contributed by atoms with E-state index >= 15 is 0 Å². The third kappa shape index (κ3) is 4.05. The van der Waals surface area contributed by atoms with Gasteiger partial charge in [-0.15, -0.1) is 0 Å². The van der Waals surface area contributed by atoms with Crippen LogP contribution in [0.25, 0.3) is 11.5 Å². The van der Waals surface area contributed by atoms with Gasteiger partial charge in [0.25, 0.3) is 0 Å². The molecule has 2 heterocycles. The predicted octanol–water partition coefficient (Wildman–Crippen LogP) is 3.17. The van der Waals surface area contributed by atoms with Crippen molar-refractivity contribution in [2.45, 2.75) is 0 Å². The van der Waals surface area contributed by atoms with Crippen LogP contribution in [0.2, 0.25) is 0 Å². The summed E-state index contributed by atoms with van der Waals surface area (Å²) in [5.74, 6) is 0.899. The molecule has 0 aliphatic heterocycles. The summed E-state index contributed by atoms with van der Waals surface area (Å²) < 4.78 is 1.95. The molecule has 0 saturated heterocycles. The average Bonchev–Trinajstić information content (AvgIpc) is 2.67. The van der Waals surface area contributed by atoms with Crippen LogP contribution < -0.4 is 0 Å². The number of hydrogen-bond donors (Lipinski definition) is 0. The molecule has 84 valence electrons. The first-order valence-electron chi connectivity index (χ1n) is 4.00. The number of hydrogen-bond acceptors (Lipinski definition) is 2. The monoisotopic (exact) mass is 375 g/mol. The molecule has 0 radical (unpaired) electrons. The molecule has 0 N–H and O–H groups in total. The van der Waals surface area contributed by atoms with Crippen LogP contribution in [0.15, 0.2) is 36.8 Å². The Bertz CT molecular complexity index is 391. The SMILES string of the molecule is Cn1ccnc1-c1ccccn1.[Br][Ni][Br]. The predicted molar refractivity (Wildman–Crippen MR) is 64.3 cm³/mol. The van der Waals surface area contributed by atoms with E-state index in [1.165, 1.54) is 10.9 Å². The molecule has 0 aromatic carbocycles. The molecular weight excluding hydrogens is 369 g/mol. The first kappa shape index (κ1) is 12.9. The molecule has 0 unspecified atom stereocenters. The van der Waals surface area contributed by atoms with Crippen molar-refractivity contribution in [3.63, 3.8) is 0 Å². The molecule has 0 spiro atoms. The van der Waals surface area contributed by atoms with E-state index in [2.05, 4.69) is 38.4 Å². The van der Waals surface area contributed by atoms with Crippen molar-refractivity contribution in [1.29, 1.82) is 0 Å². The Hall–Kier alpha value is -0.186. The van der Waals surface area contributed by atoms with Crippen LogP contribution in [-0.4, -0.2) is 14.5 Å². The maximum absolute atomic E-state index is 4.20. The molecule has 2 aromatic heterocycles. The first-order chi connectivity index (χ1) is 7.29.